The van der Waals surface area contributed by atoms with E-state index in [4.69, 9.17) is 0 Å². The molecule has 1 fully saturated rings. The average Bonchev–Trinajstić information content (AvgIpc) is 3.03. The van der Waals surface area contributed by atoms with Crippen LogP contribution in [0.2, 0.25) is 0 Å². The smallest absolute Gasteiger partial charge is 0.0639 e. The fourth-order valence-corrected chi connectivity index (χ4v) is 2.05. The first-order valence-corrected chi connectivity index (χ1v) is 6.13. The van der Waals surface area contributed by atoms with Gasteiger partial charge in [0.1, 0.15) is 0 Å². The first kappa shape index (κ1) is 11.6. The first-order valence-electron chi connectivity index (χ1n) is 6.13. The second kappa shape index (κ2) is 4.98. The predicted molar refractivity (Wildman–Crippen MR) is 66.3 cm³/mol. The molecule has 1 atom stereocenters. The number of aryl methyl sites for hydroxylation is 1. The van der Waals surface area contributed by atoms with E-state index in [0.717, 1.165) is 13.1 Å². The van der Waals surface area contributed by atoms with Gasteiger partial charge in [0.25, 0.3) is 0 Å². The van der Waals surface area contributed by atoms with E-state index in [1.807, 2.05) is 6.92 Å². The van der Waals surface area contributed by atoms with Gasteiger partial charge in [0.2, 0.25) is 0 Å². The van der Waals surface area contributed by atoms with E-state index in [2.05, 4.69) is 36.1 Å². The van der Waals surface area contributed by atoms with Crippen LogP contribution in [0.4, 0.5) is 0 Å². The van der Waals surface area contributed by atoms with Crippen LogP contribution in [0, 0.1) is 6.92 Å². The first-order chi connectivity index (χ1) is 7.65. The Labute approximate surface area is 97.9 Å². The fraction of sp³-hybridized carbons (Fsp3) is 0.571. The minimum Gasteiger partial charge on any atom is -0.392 e. The van der Waals surface area contributed by atoms with Gasteiger partial charge in [-0.1, -0.05) is 29.8 Å². The van der Waals surface area contributed by atoms with Crippen molar-refractivity contribution in [2.24, 2.45) is 0 Å². The third-order valence-corrected chi connectivity index (χ3v) is 3.07. The Morgan fingerprint density at radius 2 is 1.94 bits per heavy atom. The molecule has 2 heteroatoms. The van der Waals surface area contributed by atoms with Gasteiger partial charge in [0, 0.05) is 19.1 Å². The molecule has 2 nitrogen and oxygen atoms in total. The molecule has 0 heterocycles. The van der Waals surface area contributed by atoms with Crippen molar-refractivity contribution >= 4 is 0 Å². The number of hydrogen-bond donors (Lipinski definition) is 1. The van der Waals surface area contributed by atoms with E-state index in [-0.39, 0.29) is 6.10 Å². The van der Waals surface area contributed by atoms with Crippen LogP contribution >= 0.6 is 0 Å². The van der Waals surface area contributed by atoms with Gasteiger partial charge in [0.15, 0.2) is 0 Å². The Hall–Kier alpha value is -0.860. The standard InChI is InChI=1S/C14H21NO/c1-11-3-5-13(6-4-11)10-15(9-12(2)16)14-7-8-14/h3-6,12,14,16H,7-10H2,1-2H3. The maximum absolute atomic E-state index is 9.48. The lowest BCUT2D eigenvalue weighted by Crippen LogP contribution is -2.32. The molecule has 0 spiro atoms. The summed E-state index contributed by atoms with van der Waals surface area (Å²) in [7, 11) is 0. The molecule has 1 aromatic carbocycles. The molecule has 0 bridgehead atoms. The molecule has 1 aromatic rings. The summed E-state index contributed by atoms with van der Waals surface area (Å²) >= 11 is 0. The molecule has 0 saturated heterocycles. The number of hydrogen-bond acceptors (Lipinski definition) is 2. The molecule has 2 rings (SSSR count). The van der Waals surface area contributed by atoms with E-state index >= 15 is 0 Å². The molecule has 0 radical (unpaired) electrons. The van der Waals surface area contributed by atoms with Gasteiger partial charge < -0.3 is 5.11 Å². The lowest BCUT2D eigenvalue weighted by molar-refractivity contribution is 0.117. The van der Waals surface area contributed by atoms with Gasteiger partial charge in [-0.05, 0) is 32.3 Å². The van der Waals surface area contributed by atoms with Gasteiger partial charge in [-0.25, -0.2) is 0 Å². The van der Waals surface area contributed by atoms with Crippen molar-refractivity contribution in [3.63, 3.8) is 0 Å². The summed E-state index contributed by atoms with van der Waals surface area (Å²) in [5.41, 5.74) is 2.65. The Morgan fingerprint density at radius 1 is 1.31 bits per heavy atom. The minimum atomic E-state index is -0.231. The van der Waals surface area contributed by atoms with Crippen LogP contribution in [-0.2, 0) is 6.54 Å². The number of nitrogens with zero attached hydrogens (tertiary/aromatic N) is 1. The lowest BCUT2D eigenvalue weighted by atomic mass is 10.1. The minimum absolute atomic E-state index is 0.231. The van der Waals surface area contributed by atoms with Crippen LogP contribution in [0.15, 0.2) is 24.3 Å². The maximum Gasteiger partial charge on any atom is 0.0639 e. The molecule has 88 valence electrons. The molecular weight excluding hydrogens is 198 g/mol. The van der Waals surface area contributed by atoms with Crippen molar-refractivity contribution in [1.29, 1.82) is 0 Å². The molecule has 1 N–H and O–H groups in total. The van der Waals surface area contributed by atoms with Crippen molar-refractivity contribution in [1.82, 2.24) is 4.90 Å². The molecule has 1 unspecified atom stereocenters. The zero-order valence-corrected chi connectivity index (χ0v) is 10.2. The highest BCUT2D eigenvalue weighted by Crippen LogP contribution is 2.28. The topological polar surface area (TPSA) is 23.5 Å². The predicted octanol–water partition coefficient (Wildman–Crippen LogP) is 2.34. The van der Waals surface area contributed by atoms with Crippen molar-refractivity contribution < 1.29 is 5.11 Å². The summed E-state index contributed by atoms with van der Waals surface area (Å²) in [5.74, 6) is 0. The van der Waals surface area contributed by atoms with Crippen molar-refractivity contribution in [3.8, 4) is 0 Å². The van der Waals surface area contributed by atoms with Gasteiger partial charge in [-0.3, -0.25) is 4.90 Å². The Morgan fingerprint density at radius 3 is 2.44 bits per heavy atom. The van der Waals surface area contributed by atoms with Crippen molar-refractivity contribution in [3.05, 3.63) is 35.4 Å². The third-order valence-electron chi connectivity index (χ3n) is 3.07. The SMILES string of the molecule is Cc1ccc(CN(CC(C)O)C2CC2)cc1. The van der Waals surface area contributed by atoms with Crippen LogP contribution in [0.5, 0.6) is 0 Å². The quantitative estimate of drug-likeness (QED) is 0.821. The lowest BCUT2D eigenvalue weighted by Gasteiger charge is -2.23. The number of rotatable bonds is 5. The summed E-state index contributed by atoms with van der Waals surface area (Å²) in [4.78, 5) is 2.40. The van der Waals surface area contributed by atoms with Crippen LogP contribution in [0.25, 0.3) is 0 Å². The number of aliphatic hydroxyl groups is 1. The maximum atomic E-state index is 9.48. The summed E-state index contributed by atoms with van der Waals surface area (Å²) in [6.45, 7) is 5.73. The third kappa shape index (κ3) is 3.32. The monoisotopic (exact) mass is 219 g/mol. The second-order valence-corrected chi connectivity index (χ2v) is 5.00. The van der Waals surface area contributed by atoms with E-state index in [0.29, 0.717) is 6.04 Å². The van der Waals surface area contributed by atoms with E-state index in [1.54, 1.807) is 0 Å². The van der Waals surface area contributed by atoms with Crippen LogP contribution in [-0.4, -0.2) is 28.7 Å². The van der Waals surface area contributed by atoms with Gasteiger partial charge in [-0.2, -0.15) is 0 Å². The highest BCUT2D eigenvalue weighted by Gasteiger charge is 2.29. The molecular formula is C14H21NO. The van der Waals surface area contributed by atoms with Gasteiger partial charge in [-0.15, -0.1) is 0 Å². The van der Waals surface area contributed by atoms with E-state index in [1.165, 1.54) is 24.0 Å². The van der Waals surface area contributed by atoms with Crippen LogP contribution < -0.4 is 0 Å². The fourth-order valence-electron chi connectivity index (χ4n) is 2.05. The zero-order chi connectivity index (χ0) is 11.5. The summed E-state index contributed by atoms with van der Waals surface area (Å²) < 4.78 is 0. The van der Waals surface area contributed by atoms with E-state index in [9.17, 15) is 5.11 Å². The van der Waals surface area contributed by atoms with Crippen molar-refractivity contribution in [2.75, 3.05) is 6.54 Å². The molecule has 1 aliphatic carbocycles. The van der Waals surface area contributed by atoms with Crippen molar-refractivity contribution in [2.45, 2.75) is 45.4 Å². The largest absolute Gasteiger partial charge is 0.392 e. The Kier molecular flexibility index (Phi) is 3.62. The highest BCUT2D eigenvalue weighted by atomic mass is 16.3. The Balaban J connectivity index is 1.96. The average molecular weight is 219 g/mol. The molecule has 0 aromatic heterocycles. The molecule has 0 aliphatic heterocycles. The summed E-state index contributed by atoms with van der Waals surface area (Å²) in [6, 6.07) is 9.39. The number of benzene rings is 1. The normalized spacial score (nSPS) is 17.8. The summed E-state index contributed by atoms with van der Waals surface area (Å²) in [5, 5.41) is 9.48. The van der Waals surface area contributed by atoms with E-state index < -0.39 is 0 Å². The Bertz CT molecular complexity index is 327. The molecule has 1 aliphatic rings. The molecule has 0 amide bonds. The summed E-state index contributed by atoms with van der Waals surface area (Å²) in [6.07, 6.45) is 2.35. The molecule has 1 saturated carbocycles. The van der Waals surface area contributed by atoms with Gasteiger partial charge >= 0.3 is 0 Å². The van der Waals surface area contributed by atoms with Crippen LogP contribution in [0.1, 0.15) is 30.9 Å². The molecule has 16 heavy (non-hydrogen) atoms. The number of aliphatic hydroxyl groups excluding tert-OH is 1. The second-order valence-electron chi connectivity index (χ2n) is 5.00. The van der Waals surface area contributed by atoms with Gasteiger partial charge in [0.05, 0.1) is 6.10 Å². The highest BCUT2D eigenvalue weighted by molar-refractivity contribution is 5.21. The zero-order valence-electron chi connectivity index (χ0n) is 10.2. The van der Waals surface area contributed by atoms with Crippen LogP contribution in [0.3, 0.4) is 0 Å².